The Hall–Kier alpha value is -1.56. The van der Waals surface area contributed by atoms with Crippen molar-refractivity contribution in [1.82, 2.24) is 9.13 Å². The van der Waals surface area contributed by atoms with Gasteiger partial charge in [-0.1, -0.05) is 0 Å². The van der Waals surface area contributed by atoms with E-state index in [0.717, 1.165) is 6.07 Å². The van der Waals surface area contributed by atoms with Crippen molar-refractivity contribution in [1.29, 1.82) is 0 Å². The Labute approximate surface area is 98.1 Å². The molecule has 0 aliphatic carbocycles. The third-order valence-electron chi connectivity index (χ3n) is 3.08. The fourth-order valence-electron chi connectivity index (χ4n) is 2.16. The summed E-state index contributed by atoms with van der Waals surface area (Å²) in [7, 11) is 0. The monoisotopic (exact) mass is 240 g/mol. The lowest BCUT2D eigenvalue weighted by molar-refractivity contribution is 0.0668. The van der Waals surface area contributed by atoms with Crippen molar-refractivity contribution < 1.29 is 9.84 Å². The van der Waals surface area contributed by atoms with Gasteiger partial charge in [0, 0.05) is 25.8 Å². The smallest absolute Gasteiger partial charge is 0.334 e. The van der Waals surface area contributed by atoms with E-state index in [2.05, 4.69) is 0 Å². The van der Waals surface area contributed by atoms with Gasteiger partial charge in [-0.2, -0.15) is 0 Å². The average Bonchev–Trinajstić information content (AvgIpc) is 2.30. The SMILES string of the molecule is CCn1c(O)cc(=O)n(C2CCOCC2)c1=O. The molecule has 94 valence electrons. The molecule has 1 aliphatic rings. The summed E-state index contributed by atoms with van der Waals surface area (Å²) in [5.41, 5.74) is -0.881. The lowest BCUT2D eigenvalue weighted by Crippen LogP contribution is -2.42. The molecule has 1 N–H and O–H groups in total. The van der Waals surface area contributed by atoms with E-state index in [-0.39, 0.29) is 11.9 Å². The van der Waals surface area contributed by atoms with Crippen LogP contribution in [-0.4, -0.2) is 27.5 Å². The van der Waals surface area contributed by atoms with Crippen molar-refractivity contribution in [3.63, 3.8) is 0 Å². The first-order valence-electron chi connectivity index (χ1n) is 5.78. The fraction of sp³-hybridized carbons (Fsp3) is 0.636. The van der Waals surface area contributed by atoms with Gasteiger partial charge in [-0.3, -0.25) is 13.9 Å². The minimum atomic E-state index is -0.441. The van der Waals surface area contributed by atoms with Gasteiger partial charge in [0.05, 0.1) is 6.07 Å². The van der Waals surface area contributed by atoms with Crippen molar-refractivity contribution in [3.05, 3.63) is 26.9 Å². The zero-order chi connectivity index (χ0) is 12.4. The van der Waals surface area contributed by atoms with Crippen LogP contribution < -0.4 is 11.2 Å². The number of rotatable bonds is 2. The first-order chi connectivity index (χ1) is 8.15. The molecule has 1 saturated heterocycles. The van der Waals surface area contributed by atoms with E-state index in [0.29, 0.717) is 32.6 Å². The Morgan fingerprint density at radius 1 is 1.41 bits per heavy atom. The maximum Gasteiger partial charge on any atom is 0.334 e. The highest BCUT2D eigenvalue weighted by molar-refractivity contribution is 5.07. The molecule has 2 rings (SSSR count). The molecule has 6 heteroatoms. The van der Waals surface area contributed by atoms with E-state index in [9.17, 15) is 14.7 Å². The summed E-state index contributed by atoms with van der Waals surface area (Å²) in [4.78, 5) is 23.8. The van der Waals surface area contributed by atoms with Crippen LogP contribution in [0.2, 0.25) is 0 Å². The highest BCUT2D eigenvalue weighted by Gasteiger charge is 2.20. The van der Waals surface area contributed by atoms with Gasteiger partial charge in [0.25, 0.3) is 5.56 Å². The zero-order valence-electron chi connectivity index (χ0n) is 9.76. The molecule has 2 heterocycles. The van der Waals surface area contributed by atoms with E-state index in [1.165, 1.54) is 9.13 Å². The van der Waals surface area contributed by atoms with E-state index in [1.807, 2.05) is 0 Å². The first-order valence-corrected chi connectivity index (χ1v) is 5.78. The third-order valence-corrected chi connectivity index (χ3v) is 3.08. The summed E-state index contributed by atoms with van der Waals surface area (Å²) >= 11 is 0. The summed E-state index contributed by atoms with van der Waals surface area (Å²) in [6.07, 6.45) is 1.31. The normalized spacial score (nSPS) is 17.2. The average molecular weight is 240 g/mol. The van der Waals surface area contributed by atoms with Gasteiger partial charge in [-0.15, -0.1) is 0 Å². The standard InChI is InChI=1S/C11H16N2O4/c1-2-12-9(14)7-10(15)13(11(12)16)8-3-5-17-6-4-8/h7-8,14H,2-6H2,1H3. The number of hydrogen-bond donors (Lipinski definition) is 1. The van der Waals surface area contributed by atoms with Crippen LogP contribution in [0, 0.1) is 0 Å². The van der Waals surface area contributed by atoms with Crippen molar-refractivity contribution >= 4 is 0 Å². The van der Waals surface area contributed by atoms with Gasteiger partial charge < -0.3 is 9.84 Å². The third kappa shape index (κ3) is 2.12. The summed E-state index contributed by atoms with van der Waals surface area (Å²) < 4.78 is 7.63. The number of hydrogen-bond acceptors (Lipinski definition) is 4. The van der Waals surface area contributed by atoms with Crippen LogP contribution in [0.15, 0.2) is 15.7 Å². The molecule has 0 spiro atoms. The Balaban J connectivity index is 2.53. The number of aromatic hydroxyl groups is 1. The molecule has 0 saturated carbocycles. The molecule has 0 aromatic carbocycles. The maximum atomic E-state index is 12.1. The predicted molar refractivity (Wildman–Crippen MR) is 61.4 cm³/mol. The summed E-state index contributed by atoms with van der Waals surface area (Å²) in [6, 6.07) is 0.975. The molecular formula is C11H16N2O4. The Bertz CT molecular complexity index is 511. The second-order valence-electron chi connectivity index (χ2n) is 4.08. The Kier molecular flexibility index (Phi) is 3.33. The minimum Gasteiger partial charge on any atom is -0.494 e. The van der Waals surface area contributed by atoms with Gasteiger partial charge in [-0.05, 0) is 19.8 Å². The predicted octanol–water partition coefficient (Wildman–Crippen LogP) is 0.0870. The molecule has 1 aliphatic heterocycles. The molecule has 1 aromatic heterocycles. The van der Waals surface area contributed by atoms with Crippen LogP contribution in [0.4, 0.5) is 0 Å². The van der Waals surface area contributed by atoms with Crippen LogP contribution in [0.3, 0.4) is 0 Å². The van der Waals surface area contributed by atoms with Gasteiger partial charge >= 0.3 is 5.69 Å². The minimum absolute atomic E-state index is 0.123. The maximum absolute atomic E-state index is 12.1. The van der Waals surface area contributed by atoms with Crippen LogP contribution in [0.25, 0.3) is 0 Å². The summed E-state index contributed by atoms with van der Waals surface area (Å²) in [5, 5.41) is 9.52. The second-order valence-corrected chi connectivity index (χ2v) is 4.08. The molecule has 6 nitrogen and oxygen atoms in total. The van der Waals surface area contributed by atoms with Crippen molar-refractivity contribution in [2.45, 2.75) is 32.4 Å². The van der Waals surface area contributed by atoms with Gasteiger partial charge in [0.1, 0.15) is 0 Å². The van der Waals surface area contributed by atoms with Crippen LogP contribution in [-0.2, 0) is 11.3 Å². The topological polar surface area (TPSA) is 73.5 Å². The first kappa shape index (κ1) is 11.9. The fourth-order valence-corrected chi connectivity index (χ4v) is 2.16. The number of ether oxygens (including phenoxy) is 1. The quantitative estimate of drug-likeness (QED) is 0.795. The molecule has 0 radical (unpaired) electrons. The molecule has 0 bridgehead atoms. The highest BCUT2D eigenvalue weighted by Crippen LogP contribution is 2.17. The zero-order valence-corrected chi connectivity index (χ0v) is 9.76. The Morgan fingerprint density at radius 2 is 2.06 bits per heavy atom. The lowest BCUT2D eigenvalue weighted by atomic mass is 10.1. The summed E-state index contributed by atoms with van der Waals surface area (Å²) in [6.45, 7) is 3.21. The van der Waals surface area contributed by atoms with Crippen molar-refractivity contribution in [2.75, 3.05) is 13.2 Å². The molecule has 1 fully saturated rings. The van der Waals surface area contributed by atoms with E-state index >= 15 is 0 Å². The van der Waals surface area contributed by atoms with Crippen molar-refractivity contribution in [2.24, 2.45) is 0 Å². The van der Waals surface area contributed by atoms with Gasteiger partial charge in [0.2, 0.25) is 5.88 Å². The molecule has 0 amide bonds. The molecular weight excluding hydrogens is 224 g/mol. The van der Waals surface area contributed by atoms with E-state index in [1.54, 1.807) is 6.92 Å². The molecule has 1 aromatic rings. The molecule has 0 atom stereocenters. The lowest BCUT2D eigenvalue weighted by Gasteiger charge is -2.24. The highest BCUT2D eigenvalue weighted by atomic mass is 16.5. The largest absolute Gasteiger partial charge is 0.494 e. The number of aromatic nitrogens is 2. The second kappa shape index (κ2) is 4.75. The van der Waals surface area contributed by atoms with Gasteiger partial charge in [0.15, 0.2) is 0 Å². The molecule has 0 unspecified atom stereocenters. The van der Waals surface area contributed by atoms with E-state index < -0.39 is 11.2 Å². The molecule has 17 heavy (non-hydrogen) atoms. The van der Waals surface area contributed by atoms with Crippen LogP contribution in [0.1, 0.15) is 25.8 Å². The summed E-state index contributed by atoms with van der Waals surface area (Å²) in [5.74, 6) is -0.272. The number of nitrogens with zero attached hydrogens (tertiary/aromatic N) is 2. The van der Waals surface area contributed by atoms with Crippen molar-refractivity contribution in [3.8, 4) is 5.88 Å². The van der Waals surface area contributed by atoms with Gasteiger partial charge in [-0.25, -0.2) is 4.79 Å². The Morgan fingerprint density at radius 3 is 2.65 bits per heavy atom. The van der Waals surface area contributed by atoms with Crippen LogP contribution in [0.5, 0.6) is 5.88 Å². The van der Waals surface area contributed by atoms with E-state index in [4.69, 9.17) is 4.74 Å². The van der Waals surface area contributed by atoms with Crippen LogP contribution >= 0.6 is 0 Å².